The van der Waals surface area contributed by atoms with Crippen LogP contribution in [-0.4, -0.2) is 30.0 Å². The minimum Gasteiger partial charge on any atom is -0.380 e. The van der Waals surface area contributed by atoms with Gasteiger partial charge in [0.25, 0.3) is 5.69 Å². The van der Waals surface area contributed by atoms with Crippen LogP contribution in [0.25, 0.3) is 0 Å². The van der Waals surface area contributed by atoms with Gasteiger partial charge in [-0.25, -0.2) is 0 Å². The van der Waals surface area contributed by atoms with Crippen molar-refractivity contribution in [1.82, 2.24) is 4.90 Å². The lowest BCUT2D eigenvalue weighted by atomic mass is 10.1. The molecule has 0 fully saturated rings. The fourth-order valence-corrected chi connectivity index (χ4v) is 1.80. The van der Waals surface area contributed by atoms with Gasteiger partial charge in [0.2, 0.25) is 0 Å². The van der Waals surface area contributed by atoms with E-state index in [0.29, 0.717) is 31.7 Å². The van der Waals surface area contributed by atoms with Crippen LogP contribution < -0.4 is 5.32 Å². The van der Waals surface area contributed by atoms with Gasteiger partial charge in [-0.15, -0.1) is 0 Å². The molecule has 0 heterocycles. The second-order valence-corrected chi connectivity index (χ2v) is 4.28. The Bertz CT molecular complexity index is 482. The number of nitrogens with one attached hydrogen (secondary N) is 1. The Morgan fingerprint density at radius 3 is 2.84 bits per heavy atom. The fourth-order valence-electron chi connectivity index (χ4n) is 1.80. The summed E-state index contributed by atoms with van der Waals surface area (Å²) >= 11 is 0. The Labute approximate surface area is 112 Å². The Morgan fingerprint density at radius 1 is 1.53 bits per heavy atom. The predicted molar refractivity (Wildman–Crippen MR) is 73.8 cm³/mol. The molecule has 0 aliphatic rings. The van der Waals surface area contributed by atoms with Gasteiger partial charge in [-0.3, -0.25) is 10.1 Å². The maximum absolute atomic E-state index is 11.0. The van der Waals surface area contributed by atoms with E-state index in [9.17, 15) is 10.1 Å². The molecule has 0 aliphatic carbocycles. The van der Waals surface area contributed by atoms with Crippen LogP contribution in [0.2, 0.25) is 0 Å². The molecule has 0 saturated heterocycles. The van der Waals surface area contributed by atoms with E-state index in [4.69, 9.17) is 5.26 Å². The first kappa shape index (κ1) is 14.9. The molecule has 0 atom stereocenters. The van der Waals surface area contributed by atoms with E-state index in [1.54, 1.807) is 12.1 Å². The fraction of sp³-hybridized carbons (Fsp3) is 0.462. The monoisotopic (exact) mass is 262 g/mol. The highest BCUT2D eigenvalue weighted by molar-refractivity contribution is 5.62. The highest BCUT2D eigenvalue weighted by Crippen LogP contribution is 2.25. The summed E-state index contributed by atoms with van der Waals surface area (Å²) in [5.41, 5.74) is 1.50. The van der Waals surface area contributed by atoms with Crippen molar-refractivity contribution in [1.29, 1.82) is 5.26 Å². The van der Waals surface area contributed by atoms with E-state index in [2.05, 4.69) is 11.4 Å². The summed E-state index contributed by atoms with van der Waals surface area (Å²) in [7, 11) is 1.89. The van der Waals surface area contributed by atoms with Crippen LogP contribution in [0.1, 0.15) is 18.9 Å². The summed E-state index contributed by atoms with van der Waals surface area (Å²) in [6.45, 7) is 3.78. The van der Waals surface area contributed by atoms with E-state index in [0.717, 1.165) is 5.56 Å². The van der Waals surface area contributed by atoms with Crippen LogP contribution in [0.5, 0.6) is 0 Å². The molecular formula is C13H18N4O2. The van der Waals surface area contributed by atoms with Crippen LogP contribution in [0, 0.1) is 21.4 Å². The molecule has 1 aromatic carbocycles. The van der Waals surface area contributed by atoms with Crippen molar-refractivity contribution in [3.63, 3.8) is 0 Å². The highest BCUT2D eigenvalue weighted by Gasteiger charge is 2.14. The smallest absolute Gasteiger partial charge is 0.292 e. The van der Waals surface area contributed by atoms with Crippen molar-refractivity contribution in [3.05, 3.63) is 33.9 Å². The van der Waals surface area contributed by atoms with Crippen molar-refractivity contribution in [2.75, 3.05) is 25.5 Å². The van der Waals surface area contributed by atoms with E-state index in [1.807, 2.05) is 24.9 Å². The Morgan fingerprint density at radius 2 is 2.26 bits per heavy atom. The molecule has 0 aliphatic heterocycles. The maximum Gasteiger partial charge on any atom is 0.292 e. The highest BCUT2D eigenvalue weighted by atomic mass is 16.6. The van der Waals surface area contributed by atoms with Gasteiger partial charge in [0.05, 0.1) is 11.0 Å². The van der Waals surface area contributed by atoms with Gasteiger partial charge in [-0.2, -0.15) is 5.26 Å². The molecule has 0 bridgehead atoms. The second kappa shape index (κ2) is 7.34. The van der Waals surface area contributed by atoms with Crippen molar-refractivity contribution < 1.29 is 4.92 Å². The third-order valence-electron chi connectivity index (χ3n) is 2.68. The summed E-state index contributed by atoms with van der Waals surface area (Å²) in [4.78, 5) is 12.6. The number of nitrogens with zero attached hydrogens (tertiary/aromatic N) is 3. The molecular weight excluding hydrogens is 244 g/mol. The molecule has 102 valence electrons. The van der Waals surface area contributed by atoms with Crippen molar-refractivity contribution >= 4 is 11.4 Å². The molecule has 0 spiro atoms. The van der Waals surface area contributed by atoms with Gasteiger partial charge in [-0.05, 0) is 25.6 Å². The van der Waals surface area contributed by atoms with Gasteiger partial charge in [0, 0.05) is 32.1 Å². The molecule has 1 rings (SSSR count). The third kappa shape index (κ3) is 4.56. The van der Waals surface area contributed by atoms with Gasteiger partial charge < -0.3 is 10.2 Å². The summed E-state index contributed by atoms with van der Waals surface area (Å²) in [5.74, 6) is 0. The van der Waals surface area contributed by atoms with E-state index in [-0.39, 0.29) is 10.6 Å². The van der Waals surface area contributed by atoms with Gasteiger partial charge in [-0.1, -0.05) is 6.07 Å². The summed E-state index contributed by atoms with van der Waals surface area (Å²) < 4.78 is 0. The normalized spacial score (nSPS) is 10.2. The van der Waals surface area contributed by atoms with Crippen LogP contribution in [-0.2, 0) is 6.54 Å². The van der Waals surface area contributed by atoms with Gasteiger partial charge in [0.15, 0.2) is 0 Å². The quantitative estimate of drug-likeness (QED) is 0.602. The van der Waals surface area contributed by atoms with E-state index in [1.165, 1.54) is 0 Å². The lowest BCUT2D eigenvalue weighted by Crippen LogP contribution is -2.18. The second-order valence-electron chi connectivity index (χ2n) is 4.28. The molecule has 6 heteroatoms. The largest absolute Gasteiger partial charge is 0.380 e. The number of hydrogen-bond donors (Lipinski definition) is 1. The average molecular weight is 262 g/mol. The molecule has 0 aromatic heterocycles. The van der Waals surface area contributed by atoms with Gasteiger partial charge >= 0.3 is 0 Å². The molecule has 1 aromatic rings. The van der Waals surface area contributed by atoms with Crippen molar-refractivity contribution in [3.8, 4) is 6.07 Å². The lowest BCUT2D eigenvalue weighted by molar-refractivity contribution is -0.384. The number of nitro benzene ring substituents is 1. The number of benzene rings is 1. The number of hydrogen-bond acceptors (Lipinski definition) is 5. The SMILES string of the molecule is CCNc1ccc(CN(C)CCC#N)cc1[N+](=O)[O-]. The summed E-state index contributed by atoms with van der Waals surface area (Å²) in [6.07, 6.45) is 0.452. The predicted octanol–water partition coefficient (Wildman–Crippen LogP) is 2.37. The van der Waals surface area contributed by atoms with Crippen molar-refractivity contribution in [2.45, 2.75) is 19.9 Å². The third-order valence-corrected chi connectivity index (χ3v) is 2.68. The summed E-state index contributed by atoms with van der Waals surface area (Å²) in [6, 6.07) is 7.26. The number of anilines is 1. The number of nitriles is 1. The first-order valence-electron chi connectivity index (χ1n) is 6.15. The Kier molecular flexibility index (Phi) is 5.76. The molecule has 0 amide bonds. The molecule has 0 unspecified atom stereocenters. The first-order chi connectivity index (χ1) is 9.08. The summed E-state index contributed by atoms with van der Waals surface area (Å²) in [5, 5.41) is 22.5. The molecule has 6 nitrogen and oxygen atoms in total. The molecule has 0 radical (unpaired) electrons. The lowest BCUT2D eigenvalue weighted by Gasteiger charge is -2.15. The van der Waals surface area contributed by atoms with E-state index >= 15 is 0 Å². The maximum atomic E-state index is 11.0. The zero-order valence-electron chi connectivity index (χ0n) is 11.2. The zero-order valence-corrected chi connectivity index (χ0v) is 11.2. The van der Waals surface area contributed by atoms with Crippen LogP contribution in [0.15, 0.2) is 18.2 Å². The number of rotatable bonds is 7. The Hall–Kier alpha value is -2.13. The topological polar surface area (TPSA) is 82.2 Å². The minimum atomic E-state index is -0.378. The van der Waals surface area contributed by atoms with Crippen LogP contribution >= 0.6 is 0 Å². The van der Waals surface area contributed by atoms with Crippen molar-refractivity contribution in [2.24, 2.45) is 0 Å². The molecule has 0 saturated carbocycles. The average Bonchev–Trinajstić information content (AvgIpc) is 2.38. The standard InChI is InChI=1S/C13H18N4O2/c1-3-15-12-6-5-11(9-13(12)17(18)19)10-16(2)8-4-7-14/h5-6,9,15H,3-4,8,10H2,1-2H3. The van der Waals surface area contributed by atoms with Crippen LogP contribution in [0.3, 0.4) is 0 Å². The zero-order chi connectivity index (χ0) is 14.3. The van der Waals surface area contributed by atoms with E-state index < -0.39 is 0 Å². The number of nitro groups is 1. The molecule has 19 heavy (non-hydrogen) atoms. The minimum absolute atomic E-state index is 0.0908. The Balaban J connectivity index is 2.84. The first-order valence-corrected chi connectivity index (χ1v) is 6.15. The van der Waals surface area contributed by atoms with Gasteiger partial charge in [0.1, 0.15) is 5.69 Å². The van der Waals surface area contributed by atoms with Crippen LogP contribution in [0.4, 0.5) is 11.4 Å². The molecule has 1 N–H and O–H groups in total.